The Bertz CT molecular complexity index is 305. The van der Waals surface area contributed by atoms with Crippen molar-refractivity contribution in [3.05, 3.63) is 0 Å². The number of rotatable bonds is 6. The second-order valence-electron chi connectivity index (χ2n) is 5.64. The SMILES string of the molecule is CCCC(=O)NCC1CCCN(C(=O)CN(C)C)C1. The molecular formula is C14H27N3O2. The molecule has 0 aromatic rings. The summed E-state index contributed by atoms with van der Waals surface area (Å²) in [6.07, 6.45) is 3.60. The number of amides is 2. The Labute approximate surface area is 116 Å². The molecule has 0 aliphatic carbocycles. The van der Waals surface area contributed by atoms with Gasteiger partial charge in [0.05, 0.1) is 6.54 Å². The summed E-state index contributed by atoms with van der Waals surface area (Å²) >= 11 is 0. The quantitative estimate of drug-likeness (QED) is 0.772. The van der Waals surface area contributed by atoms with Gasteiger partial charge in [0.1, 0.15) is 0 Å². The molecule has 0 radical (unpaired) electrons. The first-order valence-electron chi connectivity index (χ1n) is 7.22. The summed E-state index contributed by atoms with van der Waals surface area (Å²) in [7, 11) is 3.81. The molecule has 1 fully saturated rings. The zero-order valence-corrected chi connectivity index (χ0v) is 12.4. The fourth-order valence-corrected chi connectivity index (χ4v) is 2.40. The van der Waals surface area contributed by atoms with Crippen LogP contribution in [-0.2, 0) is 9.59 Å². The van der Waals surface area contributed by atoms with E-state index >= 15 is 0 Å². The lowest BCUT2D eigenvalue weighted by molar-refractivity contribution is -0.133. The smallest absolute Gasteiger partial charge is 0.236 e. The van der Waals surface area contributed by atoms with Crippen LogP contribution in [-0.4, -0.2) is 61.9 Å². The number of likely N-dealkylation sites (tertiary alicyclic amines) is 1. The van der Waals surface area contributed by atoms with Crippen LogP contribution in [0.4, 0.5) is 0 Å². The van der Waals surface area contributed by atoms with E-state index in [0.29, 0.717) is 25.4 Å². The van der Waals surface area contributed by atoms with Gasteiger partial charge in [-0.25, -0.2) is 0 Å². The van der Waals surface area contributed by atoms with Crippen molar-refractivity contribution in [1.82, 2.24) is 15.1 Å². The topological polar surface area (TPSA) is 52.7 Å². The maximum atomic E-state index is 12.0. The molecule has 5 heteroatoms. The van der Waals surface area contributed by atoms with Crippen molar-refractivity contribution >= 4 is 11.8 Å². The molecule has 1 atom stereocenters. The lowest BCUT2D eigenvalue weighted by atomic mass is 9.98. The molecule has 2 amide bonds. The second kappa shape index (κ2) is 8.15. The van der Waals surface area contributed by atoms with E-state index in [1.54, 1.807) is 0 Å². The predicted molar refractivity (Wildman–Crippen MR) is 75.8 cm³/mol. The molecule has 110 valence electrons. The zero-order chi connectivity index (χ0) is 14.3. The van der Waals surface area contributed by atoms with Gasteiger partial charge in [-0.1, -0.05) is 6.92 Å². The molecule has 1 aliphatic heterocycles. The van der Waals surface area contributed by atoms with E-state index in [2.05, 4.69) is 5.32 Å². The molecule has 0 spiro atoms. The summed E-state index contributed by atoms with van der Waals surface area (Å²) in [6.45, 7) is 4.80. The van der Waals surface area contributed by atoms with Crippen LogP contribution in [0.1, 0.15) is 32.6 Å². The van der Waals surface area contributed by atoms with E-state index in [1.165, 1.54) is 0 Å². The summed E-state index contributed by atoms with van der Waals surface area (Å²) in [4.78, 5) is 27.3. The predicted octanol–water partition coefficient (Wildman–Crippen LogP) is 0.703. The highest BCUT2D eigenvalue weighted by molar-refractivity contribution is 5.78. The monoisotopic (exact) mass is 269 g/mol. The van der Waals surface area contributed by atoms with Gasteiger partial charge < -0.3 is 15.1 Å². The average Bonchev–Trinajstić information content (AvgIpc) is 2.36. The first-order chi connectivity index (χ1) is 9.02. The van der Waals surface area contributed by atoms with Crippen molar-refractivity contribution in [2.45, 2.75) is 32.6 Å². The minimum atomic E-state index is 0.124. The van der Waals surface area contributed by atoms with Crippen LogP contribution in [0.3, 0.4) is 0 Å². The van der Waals surface area contributed by atoms with E-state index in [1.807, 2.05) is 30.8 Å². The molecule has 19 heavy (non-hydrogen) atoms. The summed E-state index contributed by atoms with van der Waals surface area (Å²) in [5, 5.41) is 2.97. The third-order valence-corrected chi connectivity index (χ3v) is 3.39. The third kappa shape index (κ3) is 6.05. The molecule has 5 nitrogen and oxygen atoms in total. The Morgan fingerprint density at radius 3 is 2.74 bits per heavy atom. The fraction of sp³-hybridized carbons (Fsp3) is 0.857. The number of piperidine rings is 1. The van der Waals surface area contributed by atoms with Crippen molar-refractivity contribution in [1.29, 1.82) is 0 Å². The number of hydrogen-bond acceptors (Lipinski definition) is 3. The molecule has 0 bridgehead atoms. The van der Waals surface area contributed by atoms with Crippen molar-refractivity contribution in [3.8, 4) is 0 Å². The Morgan fingerprint density at radius 2 is 2.11 bits per heavy atom. The Balaban J connectivity index is 2.33. The normalized spacial score (nSPS) is 19.6. The molecule has 1 saturated heterocycles. The molecule has 1 unspecified atom stereocenters. The van der Waals surface area contributed by atoms with Crippen LogP contribution >= 0.6 is 0 Å². The van der Waals surface area contributed by atoms with Gasteiger partial charge in [-0.15, -0.1) is 0 Å². The van der Waals surface area contributed by atoms with Crippen LogP contribution in [0, 0.1) is 5.92 Å². The molecular weight excluding hydrogens is 242 g/mol. The van der Waals surface area contributed by atoms with Gasteiger partial charge in [-0.2, -0.15) is 0 Å². The van der Waals surface area contributed by atoms with Crippen LogP contribution in [0.5, 0.6) is 0 Å². The summed E-state index contributed by atoms with van der Waals surface area (Å²) in [5.74, 6) is 0.717. The standard InChI is InChI=1S/C14H27N3O2/c1-4-6-13(18)15-9-12-7-5-8-17(10-12)14(19)11-16(2)3/h12H,4-11H2,1-3H3,(H,15,18). The van der Waals surface area contributed by atoms with Crippen LogP contribution in [0.15, 0.2) is 0 Å². The van der Waals surface area contributed by atoms with Gasteiger partial charge in [0.25, 0.3) is 0 Å². The van der Waals surface area contributed by atoms with E-state index < -0.39 is 0 Å². The van der Waals surface area contributed by atoms with E-state index in [4.69, 9.17) is 0 Å². The molecule has 0 aromatic carbocycles. The lowest BCUT2D eigenvalue weighted by Crippen LogP contribution is -2.46. The zero-order valence-electron chi connectivity index (χ0n) is 12.4. The van der Waals surface area contributed by atoms with E-state index in [-0.39, 0.29) is 11.8 Å². The summed E-state index contributed by atoms with van der Waals surface area (Å²) in [5.41, 5.74) is 0. The highest BCUT2D eigenvalue weighted by atomic mass is 16.2. The molecule has 1 rings (SSSR count). The number of hydrogen-bond donors (Lipinski definition) is 1. The number of carbonyl (C=O) groups is 2. The van der Waals surface area contributed by atoms with Crippen LogP contribution in [0.2, 0.25) is 0 Å². The Kier molecular flexibility index (Phi) is 6.84. The largest absolute Gasteiger partial charge is 0.356 e. The molecule has 1 heterocycles. The number of likely N-dealkylation sites (N-methyl/N-ethyl adjacent to an activating group) is 1. The Morgan fingerprint density at radius 1 is 1.37 bits per heavy atom. The summed E-state index contributed by atoms with van der Waals surface area (Å²) < 4.78 is 0. The number of nitrogens with zero attached hydrogens (tertiary/aromatic N) is 2. The average molecular weight is 269 g/mol. The lowest BCUT2D eigenvalue weighted by Gasteiger charge is -2.33. The summed E-state index contributed by atoms with van der Waals surface area (Å²) in [6, 6.07) is 0. The maximum Gasteiger partial charge on any atom is 0.236 e. The third-order valence-electron chi connectivity index (χ3n) is 3.39. The minimum absolute atomic E-state index is 0.124. The number of carbonyl (C=O) groups excluding carboxylic acids is 2. The second-order valence-corrected chi connectivity index (χ2v) is 5.64. The van der Waals surface area contributed by atoms with Gasteiger partial charge in [-0.3, -0.25) is 9.59 Å². The van der Waals surface area contributed by atoms with E-state index in [0.717, 1.165) is 32.4 Å². The highest BCUT2D eigenvalue weighted by Crippen LogP contribution is 2.16. The van der Waals surface area contributed by atoms with Gasteiger partial charge in [0.15, 0.2) is 0 Å². The maximum absolute atomic E-state index is 12.0. The van der Waals surface area contributed by atoms with Gasteiger partial charge in [-0.05, 0) is 39.3 Å². The Hall–Kier alpha value is -1.10. The minimum Gasteiger partial charge on any atom is -0.356 e. The molecule has 0 saturated carbocycles. The van der Waals surface area contributed by atoms with Crippen molar-refractivity contribution in [3.63, 3.8) is 0 Å². The van der Waals surface area contributed by atoms with Gasteiger partial charge in [0.2, 0.25) is 11.8 Å². The van der Waals surface area contributed by atoms with E-state index in [9.17, 15) is 9.59 Å². The van der Waals surface area contributed by atoms with Crippen molar-refractivity contribution < 1.29 is 9.59 Å². The first kappa shape index (κ1) is 16.0. The highest BCUT2D eigenvalue weighted by Gasteiger charge is 2.23. The van der Waals surface area contributed by atoms with Crippen molar-refractivity contribution in [2.24, 2.45) is 5.92 Å². The van der Waals surface area contributed by atoms with Crippen LogP contribution in [0.25, 0.3) is 0 Å². The van der Waals surface area contributed by atoms with Gasteiger partial charge in [0, 0.05) is 26.1 Å². The number of nitrogens with one attached hydrogen (secondary N) is 1. The fourth-order valence-electron chi connectivity index (χ4n) is 2.40. The van der Waals surface area contributed by atoms with Gasteiger partial charge >= 0.3 is 0 Å². The van der Waals surface area contributed by atoms with Crippen molar-refractivity contribution in [2.75, 3.05) is 40.3 Å². The van der Waals surface area contributed by atoms with Crippen LogP contribution < -0.4 is 5.32 Å². The molecule has 1 aliphatic rings. The molecule has 0 aromatic heterocycles. The first-order valence-corrected chi connectivity index (χ1v) is 7.22. The molecule has 1 N–H and O–H groups in total.